The number of carboxylic acid groups (broad SMARTS) is 2. The molecule has 0 aromatic heterocycles. The number of carbonyl (C=O) groups excluding carboxylic acids is 3. The largest absolute Gasteiger partial charge is 0.481 e. The van der Waals surface area contributed by atoms with Crippen molar-refractivity contribution in [3.63, 3.8) is 0 Å². The Balaban J connectivity index is 4.83. The predicted molar refractivity (Wildman–Crippen MR) is 83.5 cm³/mol. The Kier molecular flexibility index (Phi) is 10.5. The predicted octanol–water partition coefficient (Wildman–Crippen LogP) is -4.67. The van der Waals surface area contributed by atoms with Crippen LogP contribution in [0.1, 0.15) is 12.8 Å². The topological polar surface area (TPSA) is 228 Å². The van der Waals surface area contributed by atoms with Crippen LogP contribution in [-0.2, 0) is 24.0 Å². The maximum Gasteiger partial charge on any atom is 0.328 e. The third-order valence-corrected chi connectivity index (χ3v) is 3.05. The average molecular weight is 378 g/mol. The number of rotatable bonds is 12. The minimum atomic E-state index is -1.63. The van der Waals surface area contributed by atoms with Crippen LogP contribution in [0.4, 0.5) is 0 Å². The van der Waals surface area contributed by atoms with Gasteiger partial charge in [0.2, 0.25) is 17.7 Å². The van der Waals surface area contributed by atoms with Crippen LogP contribution in [-0.4, -0.2) is 88.0 Å². The lowest BCUT2D eigenvalue weighted by Gasteiger charge is -2.20. The van der Waals surface area contributed by atoms with E-state index in [-0.39, 0.29) is 6.42 Å². The summed E-state index contributed by atoms with van der Waals surface area (Å²) in [5.74, 6) is -5.48. The Morgan fingerprint density at radius 1 is 0.885 bits per heavy atom. The van der Waals surface area contributed by atoms with Gasteiger partial charge in [0.1, 0.15) is 18.1 Å². The van der Waals surface area contributed by atoms with E-state index in [2.05, 4.69) is 10.6 Å². The molecular formula is C13H22N4O9. The Bertz CT molecular complexity index is 540. The molecule has 3 amide bonds. The highest BCUT2D eigenvalue weighted by Gasteiger charge is 2.26. The van der Waals surface area contributed by atoms with Gasteiger partial charge < -0.3 is 42.1 Å². The maximum absolute atomic E-state index is 12.0. The molecule has 13 nitrogen and oxygen atoms in total. The average Bonchev–Trinajstić information content (AvgIpc) is 2.59. The molecule has 3 atom stereocenters. The summed E-state index contributed by atoms with van der Waals surface area (Å²) < 4.78 is 0. The van der Waals surface area contributed by atoms with Gasteiger partial charge in [-0.05, 0) is 6.42 Å². The van der Waals surface area contributed by atoms with Gasteiger partial charge in [-0.15, -0.1) is 0 Å². The quantitative estimate of drug-likeness (QED) is 0.162. The second-order valence-corrected chi connectivity index (χ2v) is 5.14. The van der Waals surface area contributed by atoms with Crippen LogP contribution < -0.4 is 21.7 Å². The standard InChI is InChI=1S/C13H22N4O9/c14-6(4-18)11(23)15-3-9(20)16-7(1-2-10(21)22)12(24)17-8(5-19)13(25)26/h6-8,18-19H,1-5,14H2,(H,15,23)(H,16,20)(H,17,24)(H,21,22)(H,25,26)/t6-,7-,8-/m0/s1. The zero-order chi connectivity index (χ0) is 20.3. The third-order valence-electron chi connectivity index (χ3n) is 3.05. The third kappa shape index (κ3) is 8.91. The van der Waals surface area contributed by atoms with E-state index in [9.17, 15) is 24.0 Å². The first-order valence-electron chi connectivity index (χ1n) is 7.41. The van der Waals surface area contributed by atoms with Gasteiger partial charge in [-0.1, -0.05) is 0 Å². The van der Waals surface area contributed by atoms with E-state index in [1.54, 1.807) is 0 Å². The minimum absolute atomic E-state index is 0.352. The van der Waals surface area contributed by atoms with Gasteiger partial charge in [0.05, 0.1) is 19.8 Å². The van der Waals surface area contributed by atoms with Crippen LogP contribution in [0.2, 0.25) is 0 Å². The maximum atomic E-state index is 12.0. The summed E-state index contributed by atoms with van der Waals surface area (Å²) in [7, 11) is 0. The molecule has 0 unspecified atom stereocenters. The molecule has 0 radical (unpaired) electrons. The molecule has 148 valence electrons. The van der Waals surface area contributed by atoms with Crippen molar-refractivity contribution < 1.29 is 44.4 Å². The van der Waals surface area contributed by atoms with E-state index in [1.165, 1.54) is 0 Å². The van der Waals surface area contributed by atoms with E-state index < -0.39 is 74.0 Å². The first-order valence-corrected chi connectivity index (χ1v) is 7.41. The molecule has 0 aliphatic rings. The fourth-order valence-electron chi connectivity index (χ4n) is 1.62. The van der Waals surface area contributed by atoms with Gasteiger partial charge in [-0.25, -0.2) is 4.79 Å². The molecule has 0 saturated heterocycles. The summed E-state index contributed by atoms with van der Waals surface area (Å²) in [6, 6.07) is -4.28. The fourth-order valence-corrected chi connectivity index (χ4v) is 1.62. The SMILES string of the molecule is N[C@@H](CO)C(=O)NCC(=O)N[C@@H](CCC(=O)O)C(=O)N[C@@H](CO)C(=O)O. The highest BCUT2D eigenvalue weighted by Crippen LogP contribution is 1.99. The van der Waals surface area contributed by atoms with Crippen molar-refractivity contribution in [2.45, 2.75) is 31.0 Å². The number of nitrogens with one attached hydrogen (secondary N) is 3. The molecule has 0 spiro atoms. The summed E-state index contributed by atoms with van der Waals surface area (Å²) in [6.45, 7) is -2.16. The molecule has 0 aromatic rings. The number of aliphatic hydroxyl groups is 2. The lowest BCUT2D eigenvalue weighted by Crippen LogP contribution is -2.54. The Hall–Kier alpha value is -2.77. The molecule has 0 aliphatic carbocycles. The minimum Gasteiger partial charge on any atom is -0.481 e. The molecule has 26 heavy (non-hydrogen) atoms. The highest BCUT2D eigenvalue weighted by atomic mass is 16.4. The highest BCUT2D eigenvalue weighted by molar-refractivity contribution is 5.92. The van der Waals surface area contributed by atoms with Crippen molar-refractivity contribution in [2.24, 2.45) is 5.73 Å². The summed E-state index contributed by atoms with van der Waals surface area (Å²) in [6.07, 6.45) is -0.855. The van der Waals surface area contributed by atoms with Crippen molar-refractivity contribution in [3.05, 3.63) is 0 Å². The van der Waals surface area contributed by atoms with Crippen LogP contribution in [0.15, 0.2) is 0 Å². The van der Waals surface area contributed by atoms with Gasteiger partial charge in [-0.3, -0.25) is 19.2 Å². The molecule has 0 aromatic carbocycles. The molecule has 0 saturated carbocycles. The Labute approximate surface area is 147 Å². The van der Waals surface area contributed by atoms with Crippen molar-refractivity contribution in [3.8, 4) is 0 Å². The van der Waals surface area contributed by atoms with E-state index >= 15 is 0 Å². The number of nitrogens with two attached hydrogens (primary N) is 1. The zero-order valence-corrected chi connectivity index (χ0v) is 13.7. The number of aliphatic hydroxyl groups excluding tert-OH is 2. The van der Waals surface area contributed by atoms with Crippen LogP contribution in [0.5, 0.6) is 0 Å². The lowest BCUT2D eigenvalue weighted by molar-refractivity contribution is -0.144. The summed E-state index contributed by atoms with van der Waals surface area (Å²) in [5, 5.41) is 41.3. The number of carbonyl (C=O) groups is 5. The van der Waals surface area contributed by atoms with E-state index in [4.69, 9.17) is 26.2 Å². The molecule has 0 fully saturated rings. The van der Waals surface area contributed by atoms with Gasteiger partial charge in [0.25, 0.3) is 0 Å². The molecule has 0 bridgehead atoms. The second kappa shape index (κ2) is 11.7. The van der Waals surface area contributed by atoms with Gasteiger partial charge >= 0.3 is 11.9 Å². The van der Waals surface area contributed by atoms with E-state index in [0.717, 1.165) is 0 Å². The summed E-state index contributed by atoms with van der Waals surface area (Å²) >= 11 is 0. The summed E-state index contributed by atoms with van der Waals surface area (Å²) in [4.78, 5) is 56.6. The van der Waals surface area contributed by atoms with Crippen molar-refractivity contribution in [1.29, 1.82) is 0 Å². The first kappa shape index (κ1) is 23.2. The molecule has 9 N–H and O–H groups in total. The first-order chi connectivity index (χ1) is 12.1. The summed E-state index contributed by atoms with van der Waals surface area (Å²) in [5.41, 5.74) is 5.23. The smallest absolute Gasteiger partial charge is 0.328 e. The monoisotopic (exact) mass is 378 g/mol. The van der Waals surface area contributed by atoms with Gasteiger partial charge in [0, 0.05) is 6.42 Å². The molecule has 0 heterocycles. The second-order valence-electron chi connectivity index (χ2n) is 5.14. The van der Waals surface area contributed by atoms with Crippen molar-refractivity contribution >= 4 is 29.7 Å². The van der Waals surface area contributed by atoms with Crippen LogP contribution in [0.3, 0.4) is 0 Å². The molecular weight excluding hydrogens is 356 g/mol. The number of aliphatic carboxylic acids is 2. The molecule has 0 rings (SSSR count). The number of amides is 3. The number of hydrogen-bond donors (Lipinski definition) is 8. The van der Waals surface area contributed by atoms with Crippen molar-refractivity contribution in [2.75, 3.05) is 19.8 Å². The van der Waals surface area contributed by atoms with Crippen LogP contribution in [0, 0.1) is 0 Å². The van der Waals surface area contributed by atoms with Crippen LogP contribution >= 0.6 is 0 Å². The normalized spacial score (nSPS) is 13.8. The molecule has 13 heteroatoms. The number of carboxylic acids is 2. The Morgan fingerprint density at radius 3 is 1.96 bits per heavy atom. The van der Waals surface area contributed by atoms with Crippen molar-refractivity contribution in [1.82, 2.24) is 16.0 Å². The zero-order valence-electron chi connectivity index (χ0n) is 13.7. The number of hydrogen-bond acceptors (Lipinski definition) is 8. The fraction of sp³-hybridized carbons (Fsp3) is 0.615. The van der Waals surface area contributed by atoms with Gasteiger partial charge in [0.15, 0.2) is 0 Å². The molecule has 0 aliphatic heterocycles. The Morgan fingerprint density at radius 2 is 1.50 bits per heavy atom. The van der Waals surface area contributed by atoms with E-state index in [1.807, 2.05) is 5.32 Å². The van der Waals surface area contributed by atoms with Gasteiger partial charge in [-0.2, -0.15) is 0 Å². The van der Waals surface area contributed by atoms with Crippen LogP contribution in [0.25, 0.3) is 0 Å². The van der Waals surface area contributed by atoms with E-state index in [0.29, 0.717) is 0 Å². The lowest BCUT2D eigenvalue weighted by atomic mass is 10.1.